The number of likely N-dealkylation sites (tertiary alicyclic amines) is 1. The number of hydrogen-bond acceptors (Lipinski definition) is 25. The molecule has 38 heteroatoms. The van der Waals surface area contributed by atoms with E-state index >= 15 is 0 Å². The maximum Gasteiger partial charge on any atom is 0.340 e. The summed E-state index contributed by atoms with van der Waals surface area (Å²) in [6.45, 7) is 2.07. The minimum Gasteiger partial charge on any atom is -0.508 e. The van der Waals surface area contributed by atoms with E-state index in [2.05, 4.69) is 73.1 Å². The number of aliphatic hydroxyl groups excluding tert-OH is 2. The van der Waals surface area contributed by atoms with Crippen LogP contribution in [0.4, 0.5) is 0 Å². The van der Waals surface area contributed by atoms with E-state index in [4.69, 9.17) is 20.9 Å². The van der Waals surface area contributed by atoms with Gasteiger partial charge in [0.15, 0.2) is 5.60 Å². The van der Waals surface area contributed by atoms with Crippen LogP contribution in [0, 0.1) is 0 Å². The molecule has 3 aliphatic rings. The monoisotopic (exact) mass is 1580 g/mol. The number of aliphatic carboxylic acids is 1. The number of benzene rings is 5. The van der Waals surface area contributed by atoms with Crippen LogP contribution < -0.4 is 64.1 Å². The zero-order valence-corrected chi connectivity index (χ0v) is 61.9. The number of phenols is 4. The fourth-order valence-corrected chi connectivity index (χ4v) is 13.5. The minimum absolute atomic E-state index is 0.0385. The van der Waals surface area contributed by atoms with Crippen LogP contribution in [0.3, 0.4) is 0 Å². The molecule has 5 aromatic carbocycles. The summed E-state index contributed by atoms with van der Waals surface area (Å²) in [5.41, 5.74) is 10.4. The van der Waals surface area contributed by atoms with Gasteiger partial charge in [-0.05, 0) is 129 Å². The topological polar surface area (TPSA) is 563 Å². The SMILES string of the molecule is CSCC[C@H](NC(=O)[C@H](Cc1ccc(O)cc1)NC(=O)[C@H](Cc1ccc(O)cc1)NC(=O)[C@@H]1CCCN1C(=O)[C@@H](NC(=O)[C@H](CCC(N)=O)NC(=O)[C@H](CS)NC(=O)c1ccc2c(c1)C1(OC2=O)c2ccc(O)cc2Oc2cc(O)ccc21)[C@@H](C)O)C(=O)N[C@@H](CC(N)=O)C(=O)N[C@H](C(=O)N[C@@H](CS)C(=O)O)[C@@H](C)O. The second-order valence-electron chi connectivity index (χ2n) is 26.2. The number of hydrogen-bond donors (Lipinski definition) is 20. The molecule has 8 rings (SSSR count). The number of thioether (sulfide) groups is 1. The van der Waals surface area contributed by atoms with Crippen molar-refractivity contribution < 1.29 is 112 Å². The molecule has 0 bridgehead atoms. The third-order valence-corrected chi connectivity index (χ3v) is 19.6. The van der Waals surface area contributed by atoms with E-state index < -0.39 is 186 Å². The largest absolute Gasteiger partial charge is 0.508 e. The standard InChI is InChI=1S/C72H84N12O23S3/c1-33(85)58(68(101)81-52(32-109)70(103)104)82-65(98)50(30-57(74)92)78-61(94)47(22-24-110-3)76-63(96)48(25-35-6-11-38(87)12-7-35)77-64(97)49(26-36-8-13-39(88)14-9-36)79-67(100)53-5-4-23-84(53)69(102)59(34(2)86)83-62(95)46(20-21-56(73)91)75-66(99)51(31-108)80-60(93)37-10-17-42-45(27-37)72(107-71(42)105)43-18-15-40(89)28-54(43)106-55-29-41(90)16-19-44(55)72/h6-19,27-29,33-34,46-53,58-59,85-90,108-109H,4-5,20-26,30-32H2,1-3H3,(H2,73,91)(H2,74,92)(H,75,99)(H,76,96)(H,77,97)(H,78,94)(H,79,100)(H,80,93)(H,81,101)(H,82,98)(H,83,95)(H,103,104)/t33-,34-,46+,47+,48+,49+,50+,51+,52+,53+,58+,59+/m1/s1. The Kier molecular flexibility index (Phi) is 28.8. The zero-order valence-electron chi connectivity index (χ0n) is 59.3. The van der Waals surface area contributed by atoms with Gasteiger partial charge in [0.2, 0.25) is 65.0 Å². The highest BCUT2D eigenvalue weighted by atomic mass is 32.2. The molecule has 0 radical (unpaired) electrons. The van der Waals surface area contributed by atoms with Crippen molar-refractivity contribution in [2.45, 2.75) is 143 Å². The maximum atomic E-state index is 14.9. The predicted molar refractivity (Wildman–Crippen MR) is 397 cm³/mol. The smallest absolute Gasteiger partial charge is 0.340 e. The average Bonchev–Trinajstić information content (AvgIpc) is 1.49. The highest BCUT2D eigenvalue weighted by Gasteiger charge is 2.54. The number of carboxylic acid groups (broad SMARTS) is 1. The van der Waals surface area contributed by atoms with Crippen molar-refractivity contribution in [1.29, 1.82) is 0 Å². The number of nitrogens with two attached hydrogens (primary N) is 2. The van der Waals surface area contributed by atoms with Crippen molar-refractivity contribution in [1.82, 2.24) is 52.8 Å². The van der Waals surface area contributed by atoms with Crippen LogP contribution in [0.5, 0.6) is 34.5 Å². The number of carbonyl (C=O) groups is 14. The summed E-state index contributed by atoms with van der Waals surface area (Å²) in [6, 6.07) is 6.24. The van der Waals surface area contributed by atoms with E-state index in [1.165, 1.54) is 115 Å². The molecule has 12 amide bonds. The van der Waals surface area contributed by atoms with Crippen molar-refractivity contribution >= 4 is 120 Å². The minimum atomic E-state index is -1.88. The van der Waals surface area contributed by atoms with Crippen LogP contribution in [0.2, 0.25) is 0 Å². The van der Waals surface area contributed by atoms with Crippen molar-refractivity contribution in [2.24, 2.45) is 11.5 Å². The van der Waals surface area contributed by atoms with E-state index in [1.54, 1.807) is 6.26 Å². The molecule has 1 fully saturated rings. The Bertz CT molecular complexity index is 4290. The molecule has 1 spiro atoms. The van der Waals surface area contributed by atoms with Crippen LogP contribution in [0.25, 0.3) is 0 Å². The van der Waals surface area contributed by atoms with E-state index in [0.717, 1.165) is 18.7 Å². The number of phenolic OH excluding ortho intramolecular Hbond substituents is 4. The number of ether oxygens (including phenoxy) is 2. The average molecular weight is 1580 g/mol. The normalized spacial score (nSPS) is 16.7. The number of nitrogens with one attached hydrogen (secondary N) is 9. The number of fused-ring (bicyclic) bond motifs is 6. The molecule has 588 valence electrons. The fourth-order valence-electron chi connectivity index (χ4n) is 12.5. The molecular formula is C72H84N12O23S3. The molecule has 3 heterocycles. The predicted octanol–water partition coefficient (Wildman–Crippen LogP) is -1.87. The number of thiol groups is 2. The zero-order chi connectivity index (χ0) is 80.6. The van der Waals surface area contributed by atoms with Gasteiger partial charge in [-0.15, -0.1) is 0 Å². The molecule has 5 aromatic rings. The Morgan fingerprint density at radius 2 is 1.02 bits per heavy atom. The Balaban J connectivity index is 0.987. The quantitative estimate of drug-likeness (QED) is 0.0154. The van der Waals surface area contributed by atoms with Crippen molar-refractivity contribution in [3.63, 3.8) is 0 Å². The number of esters is 1. The Hall–Kier alpha value is -11.3. The first-order valence-corrected chi connectivity index (χ1v) is 37.0. The molecule has 0 unspecified atom stereocenters. The lowest BCUT2D eigenvalue weighted by molar-refractivity contribution is -0.144. The van der Waals surface area contributed by atoms with E-state index in [9.17, 15) is 103 Å². The first kappa shape index (κ1) is 84.3. The summed E-state index contributed by atoms with van der Waals surface area (Å²) in [5, 5.41) is 94.2. The van der Waals surface area contributed by atoms with Crippen LogP contribution in [-0.2, 0) is 80.7 Å². The molecule has 0 saturated carbocycles. The van der Waals surface area contributed by atoms with Crippen molar-refractivity contribution in [3.8, 4) is 34.5 Å². The van der Waals surface area contributed by atoms with Gasteiger partial charge in [0.05, 0.1) is 24.2 Å². The number of nitrogens with zero attached hydrogens (tertiary/aromatic N) is 1. The molecule has 110 heavy (non-hydrogen) atoms. The van der Waals surface area contributed by atoms with Gasteiger partial charge < -0.3 is 109 Å². The third kappa shape index (κ3) is 20.9. The lowest BCUT2D eigenvalue weighted by Gasteiger charge is -2.36. The second-order valence-corrected chi connectivity index (χ2v) is 27.9. The summed E-state index contributed by atoms with van der Waals surface area (Å²) >= 11 is 9.42. The lowest BCUT2D eigenvalue weighted by Crippen LogP contribution is -2.62. The molecule has 35 nitrogen and oxygen atoms in total. The van der Waals surface area contributed by atoms with Crippen LogP contribution in [0.15, 0.2) is 103 Å². The number of carboxylic acids is 1. The molecule has 0 aromatic heterocycles. The first-order chi connectivity index (χ1) is 52.2. The van der Waals surface area contributed by atoms with Gasteiger partial charge in [-0.3, -0.25) is 57.5 Å². The summed E-state index contributed by atoms with van der Waals surface area (Å²) in [6.07, 6.45) is -4.44. The second kappa shape index (κ2) is 37.7. The highest BCUT2D eigenvalue weighted by Crippen LogP contribution is 2.57. The number of aromatic hydroxyl groups is 4. The molecule has 0 aliphatic carbocycles. The van der Waals surface area contributed by atoms with Gasteiger partial charge in [-0.2, -0.15) is 37.0 Å². The molecule has 20 N–H and O–H groups in total. The van der Waals surface area contributed by atoms with Gasteiger partial charge in [0.25, 0.3) is 5.91 Å². The Labute approximate surface area is 643 Å². The van der Waals surface area contributed by atoms with Crippen LogP contribution in [0.1, 0.15) is 101 Å². The summed E-state index contributed by atoms with van der Waals surface area (Å²) in [5.74, 6) is -16.2. The van der Waals surface area contributed by atoms with Gasteiger partial charge in [0.1, 0.15) is 94.9 Å². The Morgan fingerprint density at radius 1 is 0.545 bits per heavy atom. The van der Waals surface area contributed by atoms with Crippen LogP contribution >= 0.6 is 37.0 Å². The number of aliphatic hydroxyl groups is 2. The van der Waals surface area contributed by atoms with Crippen LogP contribution in [-0.4, -0.2) is 226 Å². The maximum absolute atomic E-state index is 14.9. The Morgan fingerprint density at radius 3 is 1.54 bits per heavy atom. The fraction of sp³-hybridized carbons (Fsp3) is 0.389. The number of rotatable bonds is 36. The van der Waals surface area contributed by atoms with Gasteiger partial charge in [0, 0.05) is 71.7 Å². The number of amides is 12. The summed E-state index contributed by atoms with van der Waals surface area (Å²) < 4.78 is 12.1. The number of carbonyl (C=O) groups excluding carboxylic acids is 13. The third-order valence-electron chi connectivity index (χ3n) is 18.2. The van der Waals surface area contributed by atoms with E-state index in [0.29, 0.717) is 11.1 Å². The molecule has 3 aliphatic heterocycles. The van der Waals surface area contributed by atoms with Crippen molar-refractivity contribution in [2.75, 3.05) is 30.1 Å². The van der Waals surface area contributed by atoms with Gasteiger partial charge in [-0.25, -0.2) is 9.59 Å². The van der Waals surface area contributed by atoms with Gasteiger partial charge >= 0.3 is 11.9 Å². The molecular weight excluding hydrogens is 1500 g/mol. The lowest BCUT2D eigenvalue weighted by atomic mass is 9.77. The van der Waals surface area contributed by atoms with Gasteiger partial charge in [-0.1, -0.05) is 24.3 Å². The van der Waals surface area contributed by atoms with E-state index in [-0.39, 0.29) is 112 Å². The van der Waals surface area contributed by atoms with E-state index in [1.807, 2.05) is 0 Å². The number of primary amides is 2. The molecule has 1 saturated heterocycles. The molecule has 12 atom stereocenters. The summed E-state index contributed by atoms with van der Waals surface area (Å²) in [4.78, 5) is 194. The first-order valence-electron chi connectivity index (χ1n) is 34.4. The summed E-state index contributed by atoms with van der Waals surface area (Å²) in [7, 11) is 0. The van der Waals surface area contributed by atoms with Crippen molar-refractivity contribution in [3.05, 3.63) is 142 Å². The highest BCUT2D eigenvalue weighted by molar-refractivity contribution is 7.98.